The number of benzene rings is 2. The molecule has 0 fully saturated rings. The van der Waals surface area contributed by atoms with E-state index in [2.05, 4.69) is 41.6 Å². The first-order valence-electron chi connectivity index (χ1n) is 12.0. The van der Waals surface area contributed by atoms with E-state index < -0.39 is 15.7 Å². The Morgan fingerprint density at radius 1 is 1.08 bits per heavy atom. The maximum absolute atomic E-state index is 12.4. The first kappa shape index (κ1) is 26.2. The van der Waals surface area contributed by atoms with Crippen molar-refractivity contribution < 1.29 is 17.9 Å². The van der Waals surface area contributed by atoms with Crippen LogP contribution < -0.4 is 15.4 Å². The summed E-state index contributed by atoms with van der Waals surface area (Å²) in [6.45, 7) is 4.57. The van der Waals surface area contributed by atoms with Crippen molar-refractivity contribution in [1.29, 1.82) is 0 Å². The van der Waals surface area contributed by atoms with Gasteiger partial charge in [-0.05, 0) is 48.2 Å². The van der Waals surface area contributed by atoms with Gasteiger partial charge in [0.1, 0.15) is 27.0 Å². The second-order valence-electron chi connectivity index (χ2n) is 9.27. The summed E-state index contributed by atoms with van der Waals surface area (Å²) < 4.78 is 30.4. The zero-order chi connectivity index (χ0) is 26.6. The van der Waals surface area contributed by atoms with E-state index in [4.69, 9.17) is 9.72 Å². The fraction of sp³-hybridized carbons (Fsp3) is 0.296. The van der Waals surface area contributed by atoms with Crippen molar-refractivity contribution in [3.05, 3.63) is 72.1 Å². The minimum Gasteiger partial charge on any atom is -0.457 e. The number of nitrogens with one attached hydrogen (secondary N) is 2. The molecule has 0 aliphatic heterocycles. The van der Waals surface area contributed by atoms with E-state index in [-0.39, 0.29) is 18.0 Å². The Kier molecular flexibility index (Phi) is 7.77. The standard InChI is InChI=1S/C27H31N5O4S/c1-18(2)19-7-5-8-20(15-19)30-27-31-23-16-21(9-10-25(23)32(27)3)36-22-11-13-28-24(17-22)26(33)29-12-6-14-37(4,34)35/h5,7-11,13,15-18H,6,12,14H2,1-4H3,(H,29,33)(H,30,31). The van der Waals surface area contributed by atoms with Crippen LogP contribution in [0.4, 0.5) is 11.6 Å². The second kappa shape index (κ2) is 11.0. The van der Waals surface area contributed by atoms with Crippen LogP contribution in [0.3, 0.4) is 0 Å². The average molecular weight is 522 g/mol. The molecule has 1 amide bonds. The van der Waals surface area contributed by atoms with Crippen molar-refractivity contribution in [2.75, 3.05) is 23.9 Å². The molecule has 0 saturated carbocycles. The molecule has 2 heterocycles. The van der Waals surface area contributed by atoms with Crippen molar-refractivity contribution in [1.82, 2.24) is 19.9 Å². The number of carbonyl (C=O) groups excluding carboxylic acids is 1. The van der Waals surface area contributed by atoms with Crippen molar-refractivity contribution in [2.45, 2.75) is 26.2 Å². The predicted molar refractivity (Wildman–Crippen MR) is 145 cm³/mol. The van der Waals surface area contributed by atoms with Gasteiger partial charge >= 0.3 is 0 Å². The van der Waals surface area contributed by atoms with Gasteiger partial charge in [-0.3, -0.25) is 9.78 Å². The molecule has 37 heavy (non-hydrogen) atoms. The molecule has 0 bridgehead atoms. The molecule has 194 valence electrons. The highest BCUT2D eigenvalue weighted by Gasteiger charge is 2.12. The number of aryl methyl sites for hydroxylation is 1. The van der Waals surface area contributed by atoms with Gasteiger partial charge in [0.2, 0.25) is 5.95 Å². The molecule has 4 rings (SSSR count). The highest BCUT2D eigenvalue weighted by Crippen LogP contribution is 2.29. The summed E-state index contributed by atoms with van der Waals surface area (Å²) >= 11 is 0. The van der Waals surface area contributed by atoms with E-state index in [0.29, 0.717) is 29.8 Å². The van der Waals surface area contributed by atoms with Crippen molar-refractivity contribution in [2.24, 2.45) is 7.05 Å². The van der Waals surface area contributed by atoms with Crippen molar-refractivity contribution in [3.8, 4) is 11.5 Å². The van der Waals surface area contributed by atoms with Gasteiger partial charge in [0.25, 0.3) is 5.91 Å². The minimum atomic E-state index is -3.06. The van der Waals surface area contributed by atoms with Gasteiger partial charge in [0.05, 0.1) is 16.8 Å². The number of amides is 1. The summed E-state index contributed by atoms with van der Waals surface area (Å²) in [5, 5.41) is 6.08. The number of carbonyl (C=O) groups is 1. The lowest BCUT2D eigenvalue weighted by Crippen LogP contribution is -2.26. The Morgan fingerprint density at radius 3 is 2.62 bits per heavy atom. The molecule has 2 N–H and O–H groups in total. The lowest BCUT2D eigenvalue weighted by Gasteiger charge is -2.10. The van der Waals surface area contributed by atoms with Crippen LogP contribution in [0.15, 0.2) is 60.8 Å². The zero-order valence-electron chi connectivity index (χ0n) is 21.4. The van der Waals surface area contributed by atoms with Gasteiger partial charge in [0, 0.05) is 43.9 Å². The van der Waals surface area contributed by atoms with Crippen LogP contribution in [-0.4, -0.2) is 47.4 Å². The number of hydrogen-bond acceptors (Lipinski definition) is 7. The van der Waals surface area contributed by atoms with Crippen LogP contribution >= 0.6 is 0 Å². The van der Waals surface area contributed by atoms with Gasteiger partial charge in [-0.15, -0.1) is 0 Å². The Hall–Kier alpha value is -3.92. The molecule has 10 heteroatoms. The monoisotopic (exact) mass is 521 g/mol. The Morgan fingerprint density at radius 2 is 1.86 bits per heavy atom. The molecule has 2 aromatic carbocycles. The van der Waals surface area contributed by atoms with Crippen molar-refractivity contribution >= 4 is 38.4 Å². The summed E-state index contributed by atoms with van der Waals surface area (Å²) in [6, 6.07) is 17.1. The molecule has 0 unspecified atom stereocenters. The number of imidazole rings is 1. The van der Waals surface area contributed by atoms with Crippen LogP contribution in [0.5, 0.6) is 11.5 Å². The average Bonchev–Trinajstić information content (AvgIpc) is 3.15. The van der Waals surface area contributed by atoms with Gasteiger partial charge < -0.3 is 19.9 Å². The SMILES string of the molecule is CC(C)c1cccc(Nc2nc3cc(Oc4ccnc(C(=O)NCCCS(C)(=O)=O)c4)ccc3n2C)c1. The molecule has 0 aliphatic carbocycles. The van der Waals surface area contributed by atoms with Crippen LogP contribution in [0.1, 0.15) is 42.2 Å². The largest absolute Gasteiger partial charge is 0.457 e. The Bertz CT molecular complexity index is 1530. The molecule has 4 aromatic rings. The van der Waals surface area contributed by atoms with Gasteiger partial charge in [-0.25, -0.2) is 13.4 Å². The third kappa shape index (κ3) is 6.85. The number of pyridine rings is 1. The van der Waals surface area contributed by atoms with E-state index in [1.165, 1.54) is 18.0 Å². The molecule has 0 aliphatic rings. The molecule has 9 nitrogen and oxygen atoms in total. The number of aromatic nitrogens is 3. The summed E-state index contributed by atoms with van der Waals surface area (Å²) in [5.74, 6) is 1.80. The third-order valence-electron chi connectivity index (χ3n) is 5.84. The van der Waals surface area contributed by atoms with Gasteiger partial charge in [-0.1, -0.05) is 26.0 Å². The topological polar surface area (TPSA) is 115 Å². The number of fused-ring (bicyclic) bond motifs is 1. The van der Waals surface area contributed by atoms with Gasteiger partial charge in [-0.2, -0.15) is 0 Å². The fourth-order valence-corrected chi connectivity index (χ4v) is 4.49. The van der Waals surface area contributed by atoms with E-state index in [1.54, 1.807) is 12.1 Å². The van der Waals surface area contributed by atoms with Crippen LogP contribution in [0.2, 0.25) is 0 Å². The van der Waals surface area contributed by atoms with Crippen LogP contribution in [0, 0.1) is 0 Å². The highest BCUT2D eigenvalue weighted by atomic mass is 32.2. The molecule has 2 aromatic heterocycles. The van der Waals surface area contributed by atoms with Crippen LogP contribution in [-0.2, 0) is 16.9 Å². The fourth-order valence-electron chi connectivity index (χ4n) is 3.82. The summed E-state index contributed by atoms with van der Waals surface area (Å²) in [5.41, 5.74) is 4.11. The molecular weight excluding hydrogens is 490 g/mol. The highest BCUT2D eigenvalue weighted by molar-refractivity contribution is 7.90. The minimum absolute atomic E-state index is 0.0153. The number of hydrogen-bond donors (Lipinski definition) is 2. The van der Waals surface area contributed by atoms with E-state index in [1.807, 2.05) is 41.9 Å². The van der Waals surface area contributed by atoms with Crippen LogP contribution in [0.25, 0.3) is 11.0 Å². The first-order chi connectivity index (χ1) is 17.6. The molecule has 0 radical (unpaired) electrons. The zero-order valence-corrected chi connectivity index (χ0v) is 22.2. The first-order valence-corrected chi connectivity index (χ1v) is 14.1. The number of sulfone groups is 1. The smallest absolute Gasteiger partial charge is 0.270 e. The lowest BCUT2D eigenvalue weighted by molar-refractivity contribution is 0.0948. The molecule has 0 spiro atoms. The Labute approximate surface area is 216 Å². The van der Waals surface area contributed by atoms with Crippen molar-refractivity contribution in [3.63, 3.8) is 0 Å². The lowest BCUT2D eigenvalue weighted by atomic mass is 10.0. The Balaban J connectivity index is 1.46. The van der Waals surface area contributed by atoms with Gasteiger partial charge in [0.15, 0.2) is 0 Å². The number of anilines is 2. The normalized spacial score (nSPS) is 11.6. The maximum atomic E-state index is 12.4. The summed E-state index contributed by atoms with van der Waals surface area (Å²) in [6.07, 6.45) is 3.00. The second-order valence-corrected chi connectivity index (χ2v) is 11.5. The molecule has 0 saturated heterocycles. The number of rotatable bonds is 10. The van der Waals surface area contributed by atoms with E-state index in [9.17, 15) is 13.2 Å². The van der Waals surface area contributed by atoms with E-state index >= 15 is 0 Å². The third-order valence-corrected chi connectivity index (χ3v) is 6.87. The van der Waals surface area contributed by atoms with E-state index in [0.717, 1.165) is 16.7 Å². The number of nitrogens with zero attached hydrogens (tertiary/aromatic N) is 3. The predicted octanol–water partition coefficient (Wildman–Crippen LogP) is 4.79. The summed E-state index contributed by atoms with van der Waals surface area (Å²) in [7, 11) is -1.11. The number of ether oxygens (including phenoxy) is 1. The maximum Gasteiger partial charge on any atom is 0.270 e. The summed E-state index contributed by atoms with van der Waals surface area (Å²) in [4.78, 5) is 21.2. The molecule has 0 atom stereocenters. The quantitative estimate of drug-likeness (QED) is 0.288. The molecular formula is C27H31N5O4S.